The summed E-state index contributed by atoms with van der Waals surface area (Å²) in [5, 5.41) is 2.65. The molecule has 0 spiro atoms. The Balaban J connectivity index is 1.59. The monoisotopic (exact) mass is 474 g/mol. The Kier molecular flexibility index (Phi) is 5.14. The van der Waals surface area contributed by atoms with Crippen LogP contribution < -0.4 is 9.62 Å². The Hall–Kier alpha value is -2.71. The lowest BCUT2D eigenvalue weighted by molar-refractivity contribution is 0.102. The van der Waals surface area contributed by atoms with Crippen molar-refractivity contribution in [2.45, 2.75) is 11.3 Å². The number of amides is 1. The van der Waals surface area contributed by atoms with Gasteiger partial charge in [-0.2, -0.15) is 0 Å². The second kappa shape index (κ2) is 7.61. The smallest absolute Gasteiger partial charge is 0.264 e. The predicted molar refractivity (Wildman–Crippen MR) is 113 cm³/mol. The number of halogens is 2. The summed E-state index contributed by atoms with van der Waals surface area (Å²) >= 11 is 3.30. The van der Waals surface area contributed by atoms with Gasteiger partial charge in [-0.05, 0) is 72.6 Å². The van der Waals surface area contributed by atoms with Crippen molar-refractivity contribution in [3.05, 3.63) is 88.1 Å². The molecule has 5 nitrogen and oxygen atoms in total. The standard InChI is InChI=1S/C21H16BrFN2O3S/c22-16-5-7-19(8-6-16)29(27,28)25-11-10-14-12-15(4-9-20(14)25)21(26)24-18-3-1-2-17(23)13-18/h1-9,12-13H,10-11H2,(H,24,26). The Morgan fingerprint density at radius 1 is 1.03 bits per heavy atom. The lowest BCUT2D eigenvalue weighted by Gasteiger charge is -2.19. The SMILES string of the molecule is O=C(Nc1cccc(F)c1)c1ccc2c(c1)CCN2S(=O)(=O)c1ccc(Br)cc1. The molecule has 0 aliphatic carbocycles. The number of nitrogens with zero attached hydrogens (tertiary/aromatic N) is 1. The normalized spacial score (nSPS) is 13.2. The summed E-state index contributed by atoms with van der Waals surface area (Å²) in [5.41, 5.74) is 2.08. The fraction of sp³-hybridized carbons (Fsp3) is 0.0952. The van der Waals surface area contributed by atoms with E-state index in [0.29, 0.717) is 29.9 Å². The van der Waals surface area contributed by atoms with Crippen molar-refractivity contribution < 1.29 is 17.6 Å². The lowest BCUT2D eigenvalue weighted by atomic mass is 10.1. The highest BCUT2D eigenvalue weighted by Gasteiger charge is 2.31. The first-order chi connectivity index (χ1) is 13.8. The van der Waals surface area contributed by atoms with Crippen LogP contribution >= 0.6 is 15.9 Å². The largest absolute Gasteiger partial charge is 0.322 e. The number of sulfonamides is 1. The van der Waals surface area contributed by atoms with Gasteiger partial charge in [-0.25, -0.2) is 12.8 Å². The van der Waals surface area contributed by atoms with Gasteiger partial charge in [0.2, 0.25) is 0 Å². The molecule has 0 radical (unpaired) electrons. The molecule has 148 valence electrons. The minimum Gasteiger partial charge on any atom is -0.322 e. The van der Waals surface area contributed by atoms with Crippen molar-refractivity contribution in [3.63, 3.8) is 0 Å². The number of benzene rings is 3. The van der Waals surface area contributed by atoms with E-state index in [1.54, 1.807) is 48.5 Å². The molecule has 1 N–H and O–H groups in total. The molecule has 1 aliphatic heterocycles. The minimum absolute atomic E-state index is 0.210. The summed E-state index contributed by atoms with van der Waals surface area (Å²) < 4.78 is 41.5. The van der Waals surface area contributed by atoms with E-state index < -0.39 is 15.8 Å². The van der Waals surface area contributed by atoms with E-state index in [2.05, 4.69) is 21.2 Å². The quantitative estimate of drug-likeness (QED) is 0.601. The molecule has 0 fully saturated rings. The average molecular weight is 475 g/mol. The molecule has 29 heavy (non-hydrogen) atoms. The number of hydrogen-bond donors (Lipinski definition) is 1. The summed E-state index contributed by atoms with van der Waals surface area (Å²) in [6, 6.07) is 17.0. The molecule has 0 atom stereocenters. The number of carbonyl (C=O) groups is 1. The first kappa shape index (κ1) is 19.6. The molecule has 1 aliphatic rings. The molecule has 3 aromatic rings. The molecular formula is C21H16BrFN2O3S. The maximum atomic E-state index is 13.3. The molecule has 0 saturated heterocycles. The zero-order valence-corrected chi connectivity index (χ0v) is 17.5. The topological polar surface area (TPSA) is 66.5 Å². The Labute approximate surface area is 176 Å². The maximum absolute atomic E-state index is 13.3. The van der Waals surface area contributed by atoms with Crippen LogP contribution in [0, 0.1) is 5.82 Å². The van der Waals surface area contributed by atoms with Gasteiger partial charge in [0.05, 0.1) is 10.6 Å². The second-order valence-electron chi connectivity index (χ2n) is 6.59. The van der Waals surface area contributed by atoms with Crippen molar-refractivity contribution in [2.24, 2.45) is 0 Å². The highest BCUT2D eigenvalue weighted by Crippen LogP contribution is 2.34. The molecule has 3 aromatic carbocycles. The molecular weight excluding hydrogens is 459 g/mol. The summed E-state index contributed by atoms with van der Waals surface area (Å²) in [6.45, 7) is 0.308. The number of anilines is 2. The van der Waals surface area contributed by atoms with E-state index in [1.807, 2.05) is 0 Å². The zero-order chi connectivity index (χ0) is 20.6. The third-order valence-corrected chi connectivity index (χ3v) is 7.03. The predicted octanol–water partition coefficient (Wildman–Crippen LogP) is 4.59. The van der Waals surface area contributed by atoms with Crippen LogP contribution in [-0.2, 0) is 16.4 Å². The van der Waals surface area contributed by atoms with Gasteiger partial charge in [-0.1, -0.05) is 22.0 Å². The van der Waals surface area contributed by atoms with Gasteiger partial charge in [0, 0.05) is 22.3 Å². The first-order valence-electron chi connectivity index (χ1n) is 8.83. The van der Waals surface area contributed by atoms with Gasteiger partial charge in [0.1, 0.15) is 5.82 Å². The van der Waals surface area contributed by atoms with Gasteiger partial charge >= 0.3 is 0 Å². The highest BCUT2D eigenvalue weighted by molar-refractivity contribution is 9.10. The molecule has 0 aromatic heterocycles. The second-order valence-corrected chi connectivity index (χ2v) is 9.37. The number of nitrogens with one attached hydrogen (secondary N) is 1. The highest BCUT2D eigenvalue weighted by atomic mass is 79.9. The van der Waals surface area contributed by atoms with Crippen molar-refractivity contribution >= 4 is 43.2 Å². The van der Waals surface area contributed by atoms with Crippen molar-refractivity contribution in [3.8, 4) is 0 Å². The third-order valence-electron chi connectivity index (χ3n) is 4.68. The average Bonchev–Trinajstić information content (AvgIpc) is 3.12. The van der Waals surface area contributed by atoms with Gasteiger partial charge in [0.15, 0.2) is 0 Å². The Morgan fingerprint density at radius 2 is 1.79 bits per heavy atom. The van der Waals surface area contributed by atoms with E-state index >= 15 is 0 Å². The molecule has 1 amide bonds. The summed E-state index contributed by atoms with van der Waals surface area (Å²) in [6.07, 6.45) is 0.506. The van der Waals surface area contributed by atoms with Gasteiger partial charge < -0.3 is 5.32 Å². The zero-order valence-electron chi connectivity index (χ0n) is 15.1. The fourth-order valence-corrected chi connectivity index (χ4v) is 5.03. The van der Waals surface area contributed by atoms with Crippen LogP contribution in [0.15, 0.2) is 76.1 Å². The molecule has 0 bridgehead atoms. The van der Waals surface area contributed by atoms with E-state index in [-0.39, 0.29) is 10.8 Å². The van der Waals surface area contributed by atoms with Crippen LogP contribution in [0.3, 0.4) is 0 Å². The molecule has 0 saturated carbocycles. The summed E-state index contributed by atoms with van der Waals surface area (Å²) in [5.74, 6) is -0.821. The molecule has 0 unspecified atom stereocenters. The van der Waals surface area contributed by atoms with E-state index in [4.69, 9.17) is 0 Å². The van der Waals surface area contributed by atoms with E-state index in [0.717, 1.165) is 10.0 Å². The first-order valence-corrected chi connectivity index (χ1v) is 11.1. The van der Waals surface area contributed by atoms with Crippen LogP contribution in [0.5, 0.6) is 0 Å². The van der Waals surface area contributed by atoms with Crippen LogP contribution in [-0.4, -0.2) is 20.9 Å². The molecule has 4 rings (SSSR count). The Morgan fingerprint density at radius 3 is 2.52 bits per heavy atom. The number of fused-ring (bicyclic) bond motifs is 1. The lowest BCUT2D eigenvalue weighted by Crippen LogP contribution is -2.29. The van der Waals surface area contributed by atoms with Crippen molar-refractivity contribution in [1.82, 2.24) is 0 Å². The van der Waals surface area contributed by atoms with Crippen LogP contribution in [0.2, 0.25) is 0 Å². The van der Waals surface area contributed by atoms with Crippen LogP contribution in [0.1, 0.15) is 15.9 Å². The van der Waals surface area contributed by atoms with Crippen molar-refractivity contribution in [1.29, 1.82) is 0 Å². The van der Waals surface area contributed by atoms with Crippen LogP contribution in [0.4, 0.5) is 15.8 Å². The van der Waals surface area contributed by atoms with Crippen LogP contribution in [0.25, 0.3) is 0 Å². The third kappa shape index (κ3) is 3.90. The molecule has 8 heteroatoms. The Bertz CT molecular complexity index is 1200. The number of rotatable bonds is 4. The van der Waals surface area contributed by atoms with Gasteiger partial charge in [-0.3, -0.25) is 9.10 Å². The van der Waals surface area contributed by atoms with E-state index in [1.165, 1.54) is 22.5 Å². The fourth-order valence-electron chi connectivity index (χ4n) is 3.27. The van der Waals surface area contributed by atoms with E-state index in [9.17, 15) is 17.6 Å². The van der Waals surface area contributed by atoms with Gasteiger partial charge in [0.25, 0.3) is 15.9 Å². The summed E-state index contributed by atoms with van der Waals surface area (Å²) in [7, 11) is -3.68. The maximum Gasteiger partial charge on any atom is 0.264 e. The summed E-state index contributed by atoms with van der Waals surface area (Å²) in [4.78, 5) is 12.7. The number of carbonyl (C=O) groups excluding carboxylic acids is 1. The number of hydrogen-bond acceptors (Lipinski definition) is 3. The minimum atomic E-state index is -3.68. The van der Waals surface area contributed by atoms with Crippen molar-refractivity contribution in [2.75, 3.05) is 16.2 Å². The molecule has 1 heterocycles. The van der Waals surface area contributed by atoms with Gasteiger partial charge in [-0.15, -0.1) is 0 Å².